The molecule has 11 nitrogen and oxygen atoms in total. The molecule has 1 heterocycles. The zero-order valence-corrected chi connectivity index (χ0v) is 18.6. The van der Waals surface area contributed by atoms with Gasteiger partial charge in [-0.25, -0.2) is 4.79 Å². The molecule has 0 saturated carbocycles. The molecule has 176 valence electrons. The van der Waals surface area contributed by atoms with E-state index in [1.165, 1.54) is 4.90 Å². The van der Waals surface area contributed by atoms with Crippen LogP contribution in [-0.4, -0.2) is 81.2 Å². The van der Waals surface area contributed by atoms with Crippen molar-refractivity contribution >= 4 is 42.3 Å². The average Bonchev–Trinajstić information content (AvgIpc) is 3.18. The number of carbonyl (C=O) groups excluding carboxylic acids is 3. The third-order valence-corrected chi connectivity index (χ3v) is 5.35. The lowest BCUT2D eigenvalue weighted by molar-refractivity contribution is -0.149. The summed E-state index contributed by atoms with van der Waals surface area (Å²) in [4.78, 5) is 61.7. The minimum Gasteiger partial charge on any atom is -0.481 e. The van der Waals surface area contributed by atoms with Gasteiger partial charge in [0.1, 0.15) is 18.1 Å². The lowest BCUT2D eigenvalue weighted by Gasteiger charge is -2.29. The maximum atomic E-state index is 13.0. The highest BCUT2D eigenvalue weighted by Crippen LogP contribution is 2.20. The maximum Gasteiger partial charge on any atom is 0.326 e. The van der Waals surface area contributed by atoms with Crippen LogP contribution >= 0.6 is 12.6 Å². The molecule has 0 bridgehead atoms. The summed E-state index contributed by atoms with van der Waals surface area (Å²) >= 11 is 3.93. The van der Waals surface area contributed by atoms with Gasteiger partial charge < -0.3 is 31.5 Å². The van der Waals surface area contributed by atoms with Gasteiger partial charge in [0.05, 0.1) is 6.04 Å². The fourth-order valence-corrected chi connectivity index (χ4v) is 3.52. The van der Waals surface area contributed by atoms with Crippen molar-refractivity contribution in [2.45, 2.75) is 70.1 Å². The van der Waals surface area contributed by atoms with E-state index < -0.39 is 53.8 Å². The molecule has 4 unspecified atom stereocenters. The topological polar surface area (TPSA) is 179 Å². The molecule has 0 aromatic carbocycles. The summed E-state index contributed by atoms with van der Waals surface area (Å²) in [6.45, 7) is 3.97. The van der Waals surface area contributed by atoms with Gasteiger partial charge in [0.25, 0.3) is 0 Å². The minimum absolute atomic E-state index is 0.00444. The summed E-state index contributed by atoms with van der Waals surface area (Å²) in [7, 11) is 0. The Morgan fingerprint density at radius 1 is 1.10 bits per heavy atom. The summed E-state index contributed by atoms with van der Waals surface area (Å²) in [5.41, 5.74) is 5.61. The maximum absolute atomic E-state index is 13.0. The van der Waals surface area contributed by atoms with E-state index in [1.54, 1.807) is 0 Å². The second kappa shape index (κ2) is 12.5. The molecule has 1 rings (SSSR count). The predicted molar refractivity (Wildman–Crippen MR) is 114 cm³/mol. The van der Waals surface area contributed by atoms with Crippen LogP contribution in [0.2, 0.25) is 0 Å². The first-order valence-electron chi connectivity index (χ1n) is 10.2. The predicted octanol–water partition coefficient (Wildman–Crippen LogP) is -0.800. The number of carboxylic acid groups (broad SMARTS) is 2. The quantitative estimate of drug-likeness (QED) is 0.205. The number of rotatable bonds is 12. The number of thiol groups is 1. The van der Waals surface area contributed by atoms with Gasteiger partial charge in [-0.2, -0.15) is 12.6 Å². The van der Waals surface area contributed by atoms with Gasteiger partial charge in [-0.05, 0) is 31.6 Å². The summed E-state index contributed by atoms with van der Waals surface area (Å²) in [6.07, 6.45) is 0.552. The van der Waals surface area contributed by atoms with E-state index in [9.17, 15) is 29.1 Å². The van der Waals surface area contributed by atoms with Crippen molar-refractivity contribution in [3.63, 3.8) is 0 Å². The van der Waals surface area contributed by atoms with Crippen LogP contribution < -0.4 is 16.4 Å². The van der Waals surface area contributed by atoms with Crippen molar-refractivity contribution < 1.29 is 34.2 Å². The SMILES string of the molecule is CC(C)CC(NC(=O)C(CCC(=O)O)NC(=O)C(N)CS)C(=O)N1CCCC1C(=O)O. The van der Waals surface area contributed by atoms with E-state index in [1.807, 2.05) is 13.8 Å². The van der Waals surface area contributed by atoms with E-state index in [0.29, 0.717) is 12.8 Å². The summed E-state index contributed by atoms with van der Waals surface area (Å²) in [6, 6.07) is -4.16. The molecule has 0 radical (unpaired) electrons. The average molecular weight is 461 g/mol. The van der Waals surface area contributed by atoms with Crippen molar-refractivity contribution in [2.75, 3.05) is 12.3 Å². The van der Waals surface area contributed by atoms with E-state index in [-0.39, 0.29) is 37.5 Å². The van der Waals surface area contributed by atoms with Crippen molar-refractivity contribution in [3.05, 3.63) is 0 Å². The molecule has 0 aromatic rings. The Morgan fingerprint density at radius 2 is 1.71 bits per heavy atom. The van der Waals surface area contributed by atoms with Gasteiger partial charge in [0.2, 0.25) is 17.7 Å². The second-order valence-corrected chi connectivity index (χ2v) is 8.37. The van der Waals surface area contributed by atoms with Gasteiger partial charge >= 0.3 is 11.9 Å². The van der Waals surface area contributed by atoms with Crippen LogP contribution in [0.3, 0.4) is 0 Å². The molecule has 6 N–H and O–H groups in total. The highest BCUT2D eigenvalue weighted by Gasteiger charge is 2.38. The van der Waals surface area contributed by atoms with Crippen molar-refractivity contribution in [2.24, 2.45) is 11.7 Å². The minimum atomic E-state index is -1.22. The first-order valence-corrected chi connectivity index (χ1v) is 10.8. The van der Waals surface area contributed by atoms with Crippen LogP contribution in [0.25, 0.3) is 0 Å². The van der Waals surface area contributed by atoms with Gasteiger partial charge in [-0.15, -0.1) is 0 Å². The number of hydrogen-bond donors (Lipinski definition) is 6. The first kappa shape index (κ1) is 26.7. The summed E-state index contributed by atoms with van der Waals surface area (Å²) < 4.78 is 0. The summed E-state index contributed by atoms with van der Waals surface area (Å²) in [5.74, 6) is -4.13. The van der Waals surface area contributed by atoms with E-state index in [4.69, 9.17) is 10.8 Å². The van der Waals surface area contributed by atoms with Crippen molar-refractivity contribution in [1.82, 2.24) is 15.5 Å². The molecule has 1 saturated heterocycles. The van der Waals surface area contributed by atoms with Gasteiger partial charge in [-0.1, -0.05) is 13.8 Å². The molecule has 0 spiro atoms. The fraction of sp³-hybridized carbons (Fsp3) is 0.737. The number of hydrogen-bond acceptors (Lipinski definition) is 7. The van der Waals surface area contributed by atoms with Crippen molar-refractivity contribution in [3.8, 4) is 0 Å². The molecule has 0 aliphatic carbocycles. The van der Waals surface area contributed by atoms with Gasteiger partial charge in [-0.3, -0.25) is 19.2 Å². The number of nitrogens with one attached hydrogen (secondary N) is 2. The molecule has 12 heteroatoms. The fourth-order valence-electron chi connectivity index (χ4n) is 3.35. The number of nitrogens with two attached hydrogens (primary N) is 1. The highest BCUT2D eigenvalue weighted by atomic mass is 32.1. The second-order valence-electron chi connectivity index (χ2n) is 8.00. The molecule has 1 fully saturated rings. The van der Waals surface area contributed by atoms with Crippen LogP contribution in [-0.2, 0) is 24.0 Å². The molecule has 0 aromatic heterocycles. The molecule has 31 heavy (non-hydrogen) atoms. The Kier molecular flexibility index (Phi) is 10.8. The Balaban J connectivity index is 3.00. The van der Waals surface area contributed by atoms with Gasteiger partial charge in [0.15, 0.2) is 0 Å². The number of amides is 3. The molecule has 3 amide bonds. The Morgan fingerprint density at radius 3 is 2.23 bits per heavy atom. The molecule has 1 aliphatic heterocycles. The highest BCUT2D eigenvalue weighted by molar-refractivity contribution is 7.80. The normalized spacial score (nSPS) is 18.9. The standard InChI is InChI=1S/C19H32N4O7S/c1-10(2)8-13(18(28)23-7-3-4-14(23)19(29)30)22-17(27)12(5-6-15(24)25)21-16(26)11(20)9-31/h10-14,31H,3-9,20H2,1-2H3,(H,21,26)(H,22,27)(H,24,25)(H,29,30). The van der Waals surface area contributed by atoms with Crippen LogP contribution in [0.5, 0.6) is 0 Å². The smallest absolute Gasteiger partial charge is 0.326 e. The zero-order valence-electron chi connectivity index (χ0n) is 17.7. The van der Waals surface area contributed by atoms with Crippen molar-refractivity contribution in [1.29, 1.82) is 0 Å². The van der Waals surface area contributed by atoms with Crippen LogP contribution in [0.4, 0.5) is 0 Å². The Labute approximate surface area is 186 Å². The zero-order chi connectivity index (χ0) is 23.7. The van der Waals surface area contributed by atoms with Gasteiger partial charge in [0, 0.05) is 18.7 Å². The largest absolute Gasteiger partial charge is 0.481 e. The molecular weight excluding hydrogens is 428 g/mol. The molecule has 1 aliphatic rings. The third kappa shape index (κ3) is 8.37. The van der Waals surface area contributed by atoms with E-state index in [0.717, 1.165) is 0 Å². The van der Waals surface area contributed by atoms with Crippen LogP contribution in [0.1, 0.15) is 46.0 Å². The number of aliphatic carboxylic acids is 2. The van der Waals surface area contributed by atoms with E-state index >= 15 is 0 Å². The first-order chi connectivity index (χ1) is 14.5. The Hall–Kier alpha value is -2.34. The summed E-state index contributed by atoms with van der Waals surface area (Å²) in [5, 5.41) is 23.3. The third-order valence-electron chi connectivity index (χ3n) is 4.96. The Bertz CT molecular complexity index is 688. The van der Waals surface area contributed by atoms with Crippen LogP contribution in [0.15, 0.2) is 0 Å². The monoisotopic (exact) mass is 460 g/mol. The lowest BCUT2D eigenvalue weighted by Crippen LogP contribution is -2.57. The number of carbonyl (C=O) groups is 5. The number of carboxylic acids is 2. The number of likely N-dealkylation sites (tertiary alicyclic amines) is 1. The lowest BCUT2D eigenvalue weighted by atomic mass is 10.0. The van der Waals surface area contributed by atoms with Crippen LogP contribution in [0, 0.1) is 5.92 Å². The molecular formula is C19H32N4O7S. The molecule has 4 atom stereocenters. The van der Waals surface area contributed by atoms with E-state index in [2.05, 4.69) is 23.3 Å². The number of nitrogens with zero attached hydrogens (tertiary/aromatic N) is 1.